The van der Waals surface area contributed by atoms with Gasteiger partial charge in [-0.05, 0) is 31.0 Å². The molecule has 1 aliphatic rings. The molecule has 0 unspecified atom stereocenters. The summed E-state index contributed by atoms with van der Waals surface area (Å²) in [5.41, 5.74) is 5.74. The molecule has 0 bridgehead atoms. The van der Waals surface area contributed by atoms with Crippen LogP contribution < -0.4 is 10.5 Å². The molecule has 0 aliphatic heterocycles. The van der Waals surface area contributed by atoms with Gasteiger partial charge in [0, 0.05) is 12.1 Å². The number of esters is 1. The predicted molar refractivity (Wildman–Crippen MR) is 74.1 cm³/mol. The average Bonchev–Trinajstić information content (AvgIpc) is 2.36. The van der Waals surface area contributed by atoms with Crippen LogP contribution in [0.1, 0.15) is 23.2 Å². The topological polar surface area (TPSA) is 98.5 Å². The highest BCUT2D eigenvalue weighted by Gasteiger charge is 2.31. The van der Waals surface area contributed by atoms with Crippen molar-refractivity contribution in [3.63, 3.8) is 0 Å². The number of hydrogen-bond acceptors (Lipinski definition) is 5. The van der Waals surface area contributed by atoms with Crippen molar-refractivity contribution >= 4 is 27.6 Å². The van der Waals surface area contributed by atoms with Crippen LogP contribution in [-0.2, 0) is 14.8 Å². The molecule has 8 heteroatoms. The molecule has 1 aromatic rings. The first-order valence-corrected chi connectivity index (χ1v) is 7.85. The predicted octanol–water partition coefficient (Wildman–Crippen LogP) is 0.895. The lowest BCUT2D eigenvalue weighted by Crippen LogP contribution is -2.50. The van der Waals surface area contributed by atoms with E-state index in [2.05, 4.69) is 9.46 Å². The van der Waals surface area contributed by atoms with Crippen LogP contribution in [0.3, 0.4) is 0 Å². The van der Waals surface area contributed by atoms with Crippen LogP contribution in [0.15, 0.2) is 23.1 Å². The third-order valence-corrected chi connectivity index (χ3v) is 5.14. The number of hydrogen-bond donors (Lipinski definition) is 2. The van der Waals surface area contributed by atoms with Crippen molar-refractivity contribution in [3.8, 4) is 0 Å². The van der Waals surface area contributed by atoms with Gasteiger partial charge < -0.3 is 10.5 Å². The SMILES string of the molecule is COC(=O)c1ccc(Cl)c(S(=O)(=O)NC2CC(N)C2)c1. The molecule has 20 heavy (non-hydrogen) atoms. The van der Waals surface area contributed by atoms with Crippen molar-refractivity contribution in [2.45, 2.75) is 29.8 Å². The van der Waals surface area contributed by atoms with Crippen molar-refractivity contribution in [1.82, 2.24) is 4.72 Å². The first-order valence-electron chi connectivity index (χ1n) is 5.99. The smallest absolute Gasteiger partial charge is 0.337 e. The Morgan fingerprint density at radius 1 is 1.45 bits per heavy atom. The molecule has 0 spiro atoms. The molecule has 0 atom stereocenters. The van der Waals surface area contributed by atoms with E-state index >= 15 is 0 Å². The fourth-order valence-electron chi connectivity index (χ4n) is 2.00. The van der Waals surface area contributed by atoms with Gasteiger partial charge in [-0.2, -0.15) is 0 Å². The molecule has 1 fully saturated rings. The number of nitrogens with two attached hydrogens (primary N) is 1. The zero-order valence-corrected chi connectivity index (χ0v) is 12.4. The van der Waals surface area contributed by atoms with Gasteiger partial charge in [0.15, 0.2) is 0 Å². The number of benzene rings is 1. The molecule has 1 aliphatic carbocycles. The van der Waals surface area contributed by atoms with E-state index in [1.165, 1.54) is 25.3 Å². The van der Waals surface area contributed by atoms with Crippen molar-refractivity contribution in [2.24, 2.45) is 5.73 Å². The van der Waals surface area contributed by atoms with E-state index in [-0.39, 0.29) is 27.6 Å². The average molecular weight is 319 g/mol. The maximum Gasteiger partial charge on any atom is 0.337 e. The number of ether oxygens (including phenoxy) is 1. The summed E-state index contributed by atoms with van der Waals surface area (Å²) in [4.78, 5) is 11.3. The van der Waals surface area contributed by atoms with Gasteiger partial charge in [-0.25, -0.2) is 17.9 Å². The fraction of sp³-hybridized carbons (Fsp3) is 0.417. The zero-order valence-electron chi connectivity index (χ0n) is 10.8. The Kier molecular flexibility index (Phi) is 4.33. The summed E-state index contributed by atoms with van der Waals surface area (Å²) in [5, 5.41) is 0.0498. The molecule has 1 saturated carbocycles. The third kappa shape index (κ3) is 3.12. The summed E-state index contributed by atoms with van der Waals surface area (Å²) in [5.74, 6) is -0.621. The summed E-state index contributed by atoms with van der Waals surface area (Å²) >= 11 is 5.91. The van der Waals surface area contributed by atoms with Gasteiger partial charge in [-0.15, -0.1) is 0 Å². The molecule has 3 N–H and O–H groups in total. The lowest BCUT2D eigenvalue weighted by molar-refractivity contribution is 0.0600. The minimum atomic E-state index is -3.78. The normalized spacial score (nSPS) is 22.1. The molecule has 0 amide bonds. The Morgan fingerprint density at radius 3 is 2.65 bits per heavy atom. The summed E-state index contributed by atoms with van der Waals surface area (Å²) in [6.07, 6.45) is 1.18. The maximum absolute atomic E-state index is 12.2. The molecule has 1 aromatic carbocycles. The van der Waals surface area contributed by atoms with Gasteiger partial charge in [0.05, 0.1) is 17.7 Å². The van der Waals surface area contributed by atoms with E-state index in [9.17, 15) is 13.2 Å². The molecule has 6 nitrogen and oxygen atoms in total. The van der Waals surface area contributed by atoms with Crippen molar-refractivity contribution in [2.75, 3.05) is 7.11 Å². The van der Waals surface area contributed by atoms with Gasteiger partial charge in [-0.3, -0.25) is 0 Å². The van der Waals surface area contributed by atoms with Crippen LogP contribution in [0.25, 0.3) is 0 Å². The molecule has 110 valence electrons. The summed E-state index contributed by atoms with van der Waals surface area (Å²) < 4.78 is 31.6. The highest BCUT2D eigenvalue weighted by atomic mass is 35.5. The number of carbonyl (C=O) groups is 1. The van der Waals surface area contributed by atoms with Crippen LogP contribution >= 0.6 is 11.6 Å². The zero-order chi connectivity index (χ0) is 14.9. The highest BCUT2D eigenvalue weighted by Crippen LogP contribution is 2.26. The molecule has 0 aromatic heterocycles. The summed E-state index contributed by atoms with van der Waals surface area (Å²) in [6.45, 7) is 0. The standard InChI is InChI=1S/C12H15ClN2O4S/c1-19-12(16)7-2-3-10(13)11(4-7)20(17,18)15-9-5-8(14)6-9/h2-4,8-9,15H,5-6,14H2,1H3. The van der Waals surface area contributed by atoms with Crippen LogP contribution in [0.2, 0.25) is 5.02 Å². The molecule has 2 rings (SSSR count). The summed E-state index contributed by atoms with van der Waals surface area (Å²) in [6, 6.07) is 3.81. The van der Waals surface area contributed by atoms with Gasteiger partial charge in [0.1, 0.15) is 4.90 Å². The fourth-order valence-corrected chi connectivity index (χ4v) is 3.78. The second-order valence-corrected chi connectivity index (χ2v) is 6.78. The quantitative estimate of drug-likeness (QED) is 0.803. The van der Waals surface area contributed by atoms with Crippen LogP contribution in [0.4, 0.5) is 0 Å². The minimum Gasteiger partial charge on any atom is -0.465 e. The Bertz CT molecular complexity index is 626. The number of nitrogens with one attached hydrogen (secondary N) is 1. The Balaban J connectivity index is 2.28. The number of sulfonamides is 1. The molecule has 0 saturated heterocycles. The number of rotatable bonds is 4. The van der Waals surface area contributed by atoms with Gasteiger partial charge >= 0.3 is 5.97 Å². The Morgan fingerprint density at radius 2 is 2.10 bits per heavy atom. The second-order valence-electron chi connectivity index (χ2n) is 4.69. The highest BCUT2D eigenvalue weighted by molar-refractivity contribution is 7.89. The number of halogens is 1. The largest absolute Gasteiger partial charge is 0.465 e. The van der Waals surface area contributed by atoms with E-state index in [4.69, 9.17) is 17.3 Å². The number of methoxy groups -OCH3 is 1. The van der Waals surface area contributed by atoms with Crippen molar-refractivity contribution < 1.29 is 17.9 Å². The Labute approximate surface area is 122 Å². The van der Waals surface area contributed by atoms with E-state index in [0.717, 1.165) is 0 Å². The first kappa shape index (κ1) is 15.2. The monoisotopic (exact) mass is 318 g/mol. The minimum absolute atomic E-state index is 0.0274. The number of carbonyl (C=O) groups excluding carboxylic acids is 1. The lowest BCUT2D eigenvalue weighted by atomic mass is 9.89. The molecule has 0 heterocycles. The Hall–Kier alpha value is -1.15. The van der Waals surface area contributed by atoms with E-state index in [1.54, 1.807) is 0 Å². The van der Waals surface area contributed by atoms with E-state index in [0.29, 0.717) is 12.8 Å². The maximum atomic E-state index is 12.2. The molecular weight excluding hydrogens is 304 g/mol. The van der Waals surface area contributed by atoms with Crippen molar-refractivity contribution in [1.29, 1.82) is 0 Å². The van der Waals surface area contributed by atoms with E-state index in [1.807, 2.05) is 0 Å². The van der Waals surface area contributed by atoms with Crippen LogP contribution in [0.5, 0.6) is 0 Å². The molecular formula is C12H15ClN2O4S. The first-order chi connectivity index (χ1) is 9.33. The van der Waals surface area contributed by atoms with Crippen molar-refractivity contribution in [3.05, 3.63) is 28.8 Å². The van der Waals surface area contributed by atoms with E-state index < -0.39 is 16.0 Å². The third-order valence-electron chi connectivity index (χ3n) is 3.14. The second kappa shape index (κ2) is 5.69. The molecule has 0 radical (unpaired) electrons. The lowest BCUT2D eigenvalue weighted by Gasteiger charge is -2.32. The van der Waals surface area contributed by atoms with Gasteiger partial charge in [-0.1, -0.05) is 11.6 Å². The van der Waals surface area contributed by atoms with Crippen LogP contribution in [-0.4, -0.2) is 33.6 Å². The van der Waals surface area contributed by atoms with Gasteiger partial charge in [0.2, 0.25) is 10.0 Å². The summed E-state index contributed by atoms with van der Waals surface area (Å²) in [7, 11) is -2.56. The van der Waals surface area contributed by atoms with Gasteiger partial charge in [0.25, 0.3) is 0 Å². The van der Waals surface area contributed by atoms with Crippen LogP contribution in [0, 0.1) is 0 Å².